The predicted molar refractivity (Wildman–Crippen MR) is 78.2 cm³/mol. The highest BCUT2D eigenvalue weighted by atomic mass is 79.9. The molecule has 19 heavy (non-hydrogen) atoms. The van der Waals surface area contributed by atoms with Crippen LogP contribution < -0.4 is 5.32 Å². The van der Waals surface area contributed by atoms with Crippen molar-refractivity contribution in [1.29, 1.82) is 0 Å². The second-order valence-electron chi connectivity index (χ2n) is 3.50. The molecule has 1 aromatic heterocycles. The molecule has 0 spiro atoms. The van der Waals surface area contributed by atoms with Crippen LogP contribution in [0.1, 0.15) is 15.9 Å². The van der Waals surface area contributed by atoms with Crippen LogP contribution in [0.5, 0.6) is 0 Å². The van der Waals surface area contributed by atoms with Crippen molar-refractivity contribution in [2.24, 2.45) is 0 Å². The van der Waals surface area contributed by atoms with Crippen molar-refractivity contribution in [2.45, 2.75) is 6.92 Å². The fraction of sp³-hybridized carbons (Fsp3) is 0.0909. The number of carbonyl (C=O) groups excluding carboxylic acids is 1. The Balaban J connectivity index is 0.00000180. The topological polar surface area (TPSA) is 85.1 Å². The summed E-state index contributed by atoms with van der Waals surface area (Å²) in [5.74, 6) is -0.397. The third-order valence-electron chi connectivity index (χ3n) is 2.40. The van der Waals surface area contributed by atoms with Crippen LogP contribution in [0, 0.1) is 17.0 Å². The number of nitro groups is 1. The summed E-state index contributed by atoms with van der Waals surface area (Å²) in [5, 5.41) is 15.6. The number of hydrogen-bond donors (Lipinski definition) is 1. The molecule has 0 bridgehead atoms. The molecule has 1 aromatic carbocycles. The second kappa shape index (κ2) is 6.39. The van der Waals surface area contributed by atoms with E-state index < -0.39 is 10.8 Å². The first kappa shape index (κ1) is 15.3. The SMILES string of the molecule is Br.Cc1c(C(=O)Nc2nccs2)cccc1[N+](=O)[O-]. The van der Waals surface area contributed by atoms with Crippen molar-refractivity contribution in [3.05, 3.63) is 51.0 Å². The summed E-state index contributed by atoms with van der Waals surface area (Å²) in [7, 11) is 0. The van der Waals surface area contributed by atoms with E-state index in [9.17, 15) is 14.9 Å². The molecule has 2 aromatic rings. The lowest BCUT2D eigenvalue weighted by atomic mass is 10.1. The van der Waals surface area contributed by atoms with Crippen molar-refractivity contribution in [2.75, 3.05) is 5.32 Å². The number of amides is 1. The number of nitro benzene ring substituents is 1. The van der Waals surface area contributed by atoms with Gasteiger partial charge in [0.2, 0.25) is 0 Å². The summed E-state index contributed by atoms with van der Waals surface area (Å²) in [4.78, 5) is 26.1. The van der Waals surface area contributed by atoms with Crippen molar-refractivity contribution in [3.8, 4) is 0 Å². The van der Waals surface area contributed by atoms with Gasteiger partial charge in [-0.3, -0.25) is 20.2 Å². The Hall–Kier alpha value is -1.80. The fourth-order valence-corrected chi connectivity index (χ4v) is 2.04. The molecule has 1 amide bonds. The van der Waals surface area contributed by atoms with Crippen LogP contribution in [-0.4, -0.2) is 15.8 Å². The molecule has 0 radical (unpaired) electrons. The van der Waals surface area contributed by atoms with Gasteiger partial charge in [-0.2, -0.15) is 0 Å². The summed E-state index contributed by atoms with van der Waals surface area (Å²) >= 11 is 1.29. The quantitative estimate of drug-likeness (QED) is 0.684. The van der Waals surface area contributed by atoms with E-state index in [1.54, 1.807) is 24.6 Å². The number of benzene rings is 1. The van der Waals surface area contributed by atoms with Crippen LogP contribution in [0.2, 0.25) is 0 Å². The third-order valence-corrected chi connectivity index (χ3v) is 3.09. The van der Waals surface area contributed by atoms with Gasteiger partial charge < -0.3 is 0 Å². The van der Waals surface area contributed by atoms with Crippen molar-refractivity contribution in [1.82, 2.24) is 4.98 Å². The van der Waals surface area contributed by atoms with E-state index in [1.807, 2.05) is 0 Å². The first-order valence-corrected chi connectivity index (χ1v) is 5.92. The minimum Gasteiger partial charge on any atom is -0.298 e. The van der Waals surface area contributed by atoms with E-state index in [0.717, 1.165) is 0 Å². The summed E-state index contributed by atoms with van der Waals surface area (Å²) in [6, 6.07) is 4.41. The molecular weight excluding hydrogens is 334 g/mol. The molecule has 0 saturated heterocycles. The Bertz CT molecular complexity index is 601. The fourth-order valence-electron chi connectivity index (χ4n) is 1.52. The second-order valence-corrected chi connectivity index (χ2v) is 4.39. The number of carbonyl (C=O) groups is 1. The average molecular weight is 344 g/mol. The highest BCUT2D eigenvalue weighted by Crippen LogP contribution is 2.22. The predicted octanol–water partition coefficient (Wildman–Crippen LogP) is 3.19. The highest BCUT2D eigenvalue weighted by Gasteiger charge is 2.18. The Kier molecular flexibility index (Phi) is 5.13. The minimum atomic E-state index is -0.504. The van der Waals surface area contributed by atoms with Gasteiger partial charge in [0.25, 0.3) is 11.6 Å². The molecule has 0 unspecified atom stereocenters. The van der Waals surface area contributed by atoms with Crippen LogP contribution in [0.4, 0.5) is 10.8 Å². The molecule has 8 heteroatoms. The number of aromatic nitrogens is 1. The van der Waals surface area contributed by atoms with E-state index in [2.05, 4.69) is 10.3 Å². The van der Waals surface area contributed by atoms with Gasteiger partial charge in [-0.25, -0.2) is 4.98 Å². The number of rotatable bonds is 3. The zero-order valence-corrected chi connectivity index (χ0v) is 12.4. The van der Waals surface area contributed by atoms with Gasteiger partial charge in [0.05, 0.1) is 4.92 Å². The van der Waals surface area contributed by atoms with Crippen molar-refractivity contribution < 1.29 is 9.72 Å². The maximum absolute atomic E-state index is 11.9. The number of thiazole rings is 1. The minimum absolute atomic E-state index is 0. The Morgan fingerprint density at radius 3 is 2.79 bits per heavy atom. The lowest BCUT2D eigenvalue weighted by molar-refractivity contribution is -0.385. The van der Waals surface area contributed by atoms with Crippen LogP contribution in [0.15, 0.2) is 29.8 Å². The molecule has 0 atom stereocenters. The van der Waals surface area contributed by atoms with Crippen LogP contribution in [0.3, 0.4) is 0 Å². The van der Waals surface area contributed by atoms with Gasteiger partial charge in [-0.1, -0.05) is 6.07 Å². The molecule has 6 nitrogen and oxygen atoms in total. The zero-order chi connectivity index (χ0) is 13.1. The van der Waals surface area contributed by atoms with E-state index in [1.165, 1.54) is 23.5 Å². The standard InChI is InChI=1S/C11H9N3O3S.BrH/c1-7-8(3-2-4-9(7)14(16)17)10(15)13-11-12-5-6-18-11;/h2-6H,1H3,(H,12,13,15);1H. The van der Waals surface area contributed by atoms with E-state index in [4.69, 9.17) is 0 Å². The Labute approximate surface area is 123 Å². The van der Waals surface area contributed by atoms with Gasteiger partial charge >= 0.3 is 0 Å². The molecule has 2 rings (SSSR count). The largest absolute Gasteiger partial charge is 0.298 e. The van der Waals surface area contributed by atoms with Crippen LogP contribution in [-0.2, 0) is 0 Å². The molecule has 1 heterocycles. The maximum atomic E-state index is 11.9. The Morgan fingerprint density at radius 1 is 1.47 bits per heavy atom. The van der Waals surface area contributed by atoms with E-state index >= 15 is 0 Å². The average Bonchev–Trinajstić information content (AvgIpc) is 2.81. The monoisotopic (exact) mass is 343 g/mol. The number of anilines is 1. The molecule has 100 valence electrons. The van der Waals surface area contributed by atoms with E-state index in [0.29, 0.717) is 10.7 Å². The van der Waals surface area contributed by atoms with Gasteiger partial charge in [0.15, 0.2) is 5.13 Å². The van der Waals surface area contributed by atoms with Crippen molar-refractivity contribution in [3.63, 3.8) is 0 Å². The lowest BCUT2D eigenvalue weighted by Gasteiger charge is -2.05. The molecular formula is C11H10BrN3O3S. The maximum Gasteiger partial charge on any atom is 0.273 e. The molecule has 0 saturated carbocycles. The summed E-state index contributed by atoms with van der Waals surface area (Å²) < 4.78 is 0. The molecule has 0 aliphatic heterocycles. The van der Waals surface area contributed by atoms with Gasteiger partial charge in [0, 0.05) is 28.8 Å². The van der Waals surface area contributed by atoms with Crippen molar-refractivity contribution >= 4 is 45.0 Å². The van der Waals surface area contributed by atoms with Gasteiger partial charge in [0.1, 0.15) is 0 Å². The summed E-state index contributed by atoms with van der Waals surface area (Å²) in [5.41, 5.74) is 0.553. The number of hydrogen-bond acceptors (Lipinski definition) is 5. The highest BCUT2D eigenvalue weighted by molar-refractivity contribution is 8.93. The number of nitrogens with one attached hydrogen (secondary N) is 1. The first-order chi connectivity index (χ1) is 8.59. The molecule has 0 aliphatic rings. The Morgan fingerprint density at radius 2 is 2.21 bits per heavy atom. The van der Waals surface area contributed by atoms with Gasteiger partial charge in [-0.05, 0) is 13.0 Å². The normalized spacial score (nSPS) is 9.53. The van der Waals surface area contributed by atoms with Crippen LogP contribution in [0.25, 0.3) is 0 Å². The summed E-state index contributed by atoms with van der Waals surface area (Å²) in [6.07, 6.45) is 1.57. The molecule has 0 fully saturated rings. The molecule has 1 N–H and O–H groups in total. The number of halogens is 1. The molecule has 0 aliphatic carbocycles. The smallest absolute Gasteiger partial charge is 0.273 e. The van der Waals surface area contributed by atoms with Gasteiger partial charge in [-0.15, -0.1) is 28.3 Å². The number of nitrogens with zero attached hydrogens (tertiary/aromatic N) is 2. The first-order valence-electron chi connectivity index (χ1n) is 5.04. The summed E-state index contributed by atoms with van der Waals surface area (Å²) in [6.45, 7) is 1.55. The zero-order valence-electron chi connectivity index (χ0n) is 9.82. The van der Waals surface area contributed by atoms with Crippen LogP contribution >= 0.6 is 28.3 Å². The van der Waals surface area contributed by atoms with E-state index in [-0.39, 0.29) is 28.2 Å². The third kappa shape index (κ3) is 3.36. The lowest BCUT2D eigenvalue weighted by Crippen LogP contribution is -2.13.